The van der Waals surface area contributed by atoms with Gasteiger partial charge in [-0.1, -0.05) is 0 Å². The molecule has 0 aromatic heterocycles. The van der Waals surface area contributed by atoms with E-state index in [0.29, 0.717) is 15.9 Å². The van der Waals surface area contributed by atoms with Crippen LogP contribution in [0.3, 0.4) is 0 Å². The van der Waals surface area contributed by atoms with Crippen molar-refractivity contribution < 1.29 is 9.18 Å². The molecule has 0 bridgehead atoms. The van der Waals surface area contributed by atoms with Crippen LogP contribution in [-0.4, -0.2) is 17.3 Å². The maximum Gasteiger partial charge on any atom is 0.252 e. The van der Waals surface area contributed by atoms with Crippen molar-refractivity contribution in [2.24, 2.45) is 0 Å². The maximum absolute atomic E-state index is 12.9. The molecule has 2 nitrogen and oxygen atoms in total. The second-order valence-electron chi connectivity index (χ2n) is 4.35. The average molecular weight is 321 g/mol. The SMILES string of the molecule is O=C(NC1(CCl)CCC1)c1ccc(F)cc1Br. The van der Waals surface area contributed by atoms with Crippen molar-refractivity contribution in [3.8, 4) is 0 Å². The van der Waals surface area contributed by atoms with Gasteiger partial charge in [0.2, 0.25) is 0 Å². The molecule has 1 aliphatic rings. The smallest absolute Gasteiger partial charge is 0.252 e. The van der Waals surface area contributed by atoms with Gasteiger partial charge in [0.05, 0.1) is 11.1 Å². The van der Waals surface area contributed by atoms with Crippen LogP contribution >= 0.6 is 27.5 Å². The highest BCUT2D eigenvalue weighted by Crippen LogP contribution is 2.33. The van der Waals surface area contributed by atoms with Gasteiger partial charge in [-0.3, -0.25) is 4.79 Å². The summed E-state index contributed by atoms with van der Waals surface area (Å²) in [6.45, 7) is 0. The van der Waals surface area contributed by atoms with Crippen molar-refractivity contribution in [1.29, 1.82) is 0 Å². The molecule has 0 radical (unpaired) electrons. The molecular weight excluding hydrogens is 308 g/mol. The van der Waals surface area contributed by atoms with Gasteiger partial charge < -0.3 is 5.32 Å². The average Bonchev–Trinajstić information content (AvgIpc) is 2.23. The van der Waals surface area contributed by atoms with Gasteiger partial charge in [-0.25, -0.2) is 4.39 Å². The highest BCUT2D eigenvalue weighted by Gasteiger charge is 2.37. The number of alkyl halides is 1. The van der Waals surface area contributed by atoms with E-state index in [0.717, 1.165) is 19.3 Å². The van der Waals surface area contributed by atoms with Crippen LogP contribution in [0.4, 0.5) is 4.39 Å². The van der Waals surface area contributed by atoms with Gasteiger partial charge in [-0.15, -0.1) is 11.6 Å². The Labute approximate surface area is 113 Å². The molecule has 1 fully saturated rings. The molecule has 1 N–H and O–H groups in total. The molecule has 1 aromatic carbocycles. The summed E-state index contributed by atoms with van der Waals surface area (Å²) in [6.07, 6.45) is 2.89. The number of nitrogens with one attached hydrogen (secondary N) is 1. The molecule has 1 aliphatic carbocycles. The lowest BCUT2D eigenvalue weighted by molar-refractivity contribution is 0.0853. The number of rotatable bonds is 3. The van der Waals surface area contributed by atoms with Crippen LogP contribution in [0.5, 0.6) is 0 Å². The zero-order chi connectivity index (χ0) is 12.5. The predicted molar refractivity (Wildman–Crippen MR) is 68.9 cm³/mol. The second-order valence-corrected chi connectivity index (χ2v) is 5.47. The molecular formula is C12H12BrClFNO. The Morgan fingerprint density at radius 3 is 2.71 bits per heavy atom. The first kappa shape index (κ1) is 12.8. The molecule has 0 unspecified atom stereocenters. The minimum atomic E-state index is -0.371. The minimum absolute atomic E-state index is 0.211. The molecule has 1 aromatic rings. The van der Waals surface area contributed by atoms with E-state index < -0.39 is 0 Å². The number of amides is 1. The Hall–Kier alpha value is -0.610. The Kier molecular flexibility index (Phi) is 3.73. The van der Waals surface area contributed by atoms with Crippen molar-refractivity contribution >= 4 is 33.4 Å². The number of carbonyl (C=O) groups is 1. The van der Waals surface area contributed by atoms with Crippen molar-refractivity contribution in [1.82, 2.24) is 5.32 Å². The summed E-state index contributed by atoms with van der Waals surface area (Å²) in [6, 6.07) is 4.02. The summed E-state index contributed by atoms with van der Waals surface area (Å²) in [4.78, 5) is 12.0. The Morgan fingerprint density at radius 1 is 1.53 bits per heavy atom. The number of carbonyl (C=O) groups excluding carboxylic acids is 1. The lowest BCUT2D eigenvalue weighted by atomic mass is 9.78. The highest BCUT2D eigenvalue weighted by molar-refractivity contribution is 9.10. The topological polar surface area (TPSA) is 29.1 Å². The second kappa shape index (κ2) is 4.94. The van der Waals surface area contributed by atoms with E-state index in [1.807, 2.05) is 0 Å². The Bertz CT molecular complexity index is 443. The lowest BCUT2D eigenvalue weighted by Gasteiger charge is -2.41. The Morgan fingerprint density at radius 2 is 2.24 bits per heavy atom. The van der Waals surface area contributed by atoms with Gasteiger partial charge in [0.1, 0.15) is 5.82 Å². The zero-order valence-electron chi connectivity index (χ0n) is 9.10. The summed E-state index contributed by atoms with van der Waals surface area (Å²) in [5.41, 5.74) is 0.162. The minimum Gasteiger partial charge on any atom is -0.345 e. The summed E-state index contributed by atoms with van der Waals surface area (Å²) in [5.74, 6) is -0.168. The predicted octanol–water partition coefficient (Wildman–Crippen LogP) is 3.48. The van der Waals surface area contributed by atoms with Crippen LogP contribution < -0.4 is 5.32 Å². The van der Waals surface area contributed by atoms with Crippen molar-refractivity contribution in [3.63, 3.8) is 0 Å². The summed E-state index contributed by atoms with van der Waals surface area (Å²) in [7, 11) is 0. The van der Waals surface area contributed by atoms with Crippen LogP contribution in [0.1, 0.15) is 29.6 Å². The van der Waals surface area contributed by atoms with Crippen LogP contribution in [0.15, 0.2) is 22.7 Å². The summed E-state index contributed by atoms with van der Waals surface area (Å²) < 4.78 is 13.4. The largest absolute Gasteiger partial charge is 0.345 e. The van der Waals surface area contributed by atoms with E-state index in [9.17, 15) is 9.18 Å². The van der Waals surface area contributed by atoms with E-state index in [4.69, 9.17) is 11.6 Å². The molecule has 0 spiro atoms. The normalized spacial score (nSPS) is 17.4. The van der Waals surface area contributed by atoms with Crippen LogP contribution in [0.2, 0.25) is 0 Å². The highest BCUT2D eigenvalue weighted by atomic mass is 79.9. The van der Waals surface area contributed by atoms with Gasteiger partial charge >= 0.3 is 0 Å². The zero-order valence-corrected chi connectivity index (χ0v) is 11.4. The molecule has 0 aliphatic heterocycles. The van der Waals surface area contributed by atoms with Crippen LogP contribution in [0.25, 0.3) is 0 Å². The summed E-state index contributed by atoms with van der Waals surface area (Å²) in [5, 5.41) is 2.93. The van der Waals surface area contributed by atoms with E-state index >= 15 is 0 Å². The number of hydrogen-bond acceptors (Lipinski definition) is 1. The maximum atomic E-state index is 12.9. The third-order valence-corrected chi connectivity index (χ3v) is 4.29. The fourth-order valence-corrected chi connectivity index (χ4v) is 2.74. The third kappa shape index (κ3) is 2.63. The number of halogens is 3. The first-order chi connectivity index (χ1) is 8.06. The summed E-state index contributed by atoms with van der Waals surface area (Å²) >= 11 is 9.05. The fraction of sp³-hybridized carbons (Fsp3) is 0.417. The van der Waals surface area contributed by atoms with E-state index in [-0.39, 0.29) is 17.3 Å². The van der Waals surface area contributed by atoms with E-state index in [2.05, 4.69) is 21.2 Å². The molecule has 1 saturated carbocycles. The molecule has 5 heteroatoms. The molecule has 17 heavy (non-hydrogen) atoms. The molecule has 1 amide bonds. The Balaban J connectivity index is 2.14. The molecule has 0 heterocycles. The van der Waals surface area contributed by atoms with Gasteiger partial charge in [-0.2, -0.15) is 0 Å². The standard InChI is InChI=1S/C12H12BrClFNO/c13-10-6-8(15)2-3-9(10)11(17)16-12(7-14)4-1-5-12/h2-3,6H,1,4-5,7H2,(H,16,17). The molecule has 92 valence electrons. The van der Waals surface area contributed by atoms with Gasteiger partial charge in [0.25, 0.3) is 5.91 Å². The van der Waals surface area contributed by atoms with E-state index in [1.54, 1.807) is 0 Å². The third-order valence-electron chi connectivity index (χ3n) is 3.12. The van der Waals surface area contributed by atoms with Gasteiger partial charge in [0, 0.05) is 10.4 Å². The number of benzene rings is 1. The van der Waals surface area contributed by atoms with Crippen molar-refractivity contribution in [2.45, 2.75) is 24.8 Å². The first-order valence-electron chi connectivity index (χ1n) is 5.40. The quantitative estimate of drug-likeness (QED) is 0.849. The molecule has 0 saturated heterocycles. The van der Waals surface area contributed by atoms with Gasteiger partial charge in [0.15, 0.2) is 0 Å². The van der Waals surface area contributed by atoms with Gasteiger partial charge in [-0.05, 0) is 53.4 Å². The fourth-order valence-electron chi connectivity index (χ4n) is 1.88. The lowest BCUT2D eigenvalue weighted by Crippen LogP contribution is -2.55. The van der Waals surface area contributed by atoms with Crippen LogP contribution in [-0.2, 0) is 0 Å². The molecule has 2 rings (SSSR count). The monoisotopic (exact) mass is 319 g/mol. The van der Waals surface area contributed by atoms with E-state index in [1.165, 1.54) is 18.2 Å². The van der Waals surface area contributed by atoms with Crippen LogP contribution in [0, 0.1) is 5.82 Å². The molecule has 0 atom stereocenters. The number of hydrogen-bond donors (Lipinski definition) is 1. The van der Waals surface area contributed by atoms with Crippen molar-refractivity contribution in [2.75, 3.05) is 5.88 Å². The first-order valence-corrected chi connectivity index (χ1v) is 6.73. The van der Waals surface area contributed by atoms with Crippen molar-refractivity contribution in [3.05, 3.63) is 34.1 Å².